The first-order chi connectivity index (χ1) is 9.08. The van der Waals surface area contributed by atoms with Crippen LogP contribution in [0, 0.1) is 11.3 Å². The number of nitrogens with zero attached hydrogens (tertiary/aromatic N) is 1. The van der Waals surface area contributed by atoms with Gasteiger partial charge in [-0.1, -0.05) is 30.3 Å². The largest absolute Gasteiger partial charge is 0.298 e. The SMILES string of the molecule is CC(=O)C(C#N)(Cc1cc(Br)cs1)c1ccccc1. The number of nitriles is 1. The Labute approximate surface area is 124 Å². The number of carbonyl (C=O) groups is 1. The van der Waals surface area contributed by atoms with Gasteiger partial charge < -0.3 is 0 Å². The summed E-state index contributed by atoms with van der Waals surface area (Å²) in [6.45, 7) is 1.48. The Morgan fingerprint density at radius 2 is 2.11 bits per heavy atom. The van der Waals surface area contributed by atoms with Crippen molar-refractivity contribution in [3.05, 3.63) is 56.7 Å². The summed E-state index contributed by atoms with van der Waals surface area (Å²) in [5, 5.41) is 11.6. The Hall–Kier alpha value is -1.44. The van der Waals surface area contributed by atoms with E-state index in [0.29, 0.717) is 6.42 Å². The molecule has 0 bridgehead atoms. The van der Waals surface area contributed by atoms with Crippen LogP contribution in [-0.4, -0.2) is 5.78 Å². The quantitative estimate of drug-likeness (QED) is 0.844. The highest BCUT2D eigenvalue weighted by Crippen LogP contribution is 2.32. The maximum absolute atomic E-state index is 12.1. The zero-order chi connectivity index (χ0) is 13.9. The van der Waals surface area contributed by atoms with E-state index in [9.17, 15) is 10.1 Å². The van der Waals surface area contributed by atoms with E-state index in [4.69, 9.17) is 0 Å². The van der Waals surface area contributed by atoms with E-state index in [1.54, 1.807) is 11.3 Å². The molecule has 0 saturated heterocycles. The Morgan fingerprint density at radius 1 is 1.42 bits per heavy atom. The number of rotatable bonds is 4. The topological polar surface area (TPSA) is 40.9 Å². The zero-order valence-electron chi connectivity index (χ0n) is 10.4. The van der Waals surface area contributed by atoms with Gasteiger partial charge in [0.2, 0.25) is 0 Å². The summed E-state index contributed by atoms with van der Waals surface area (Å²) in [6.07, 6.45) is 0.416. The number of hydrogen-bond acceptors (Lipinski definition) is 3. The molecule has 0 spiro atoms. The molecule has 0 radical (unpaired) electrons. The standard InChI is InChI=1S/C15H12BrNOS/c1-11(18)15(10-17,12-5-3-2-4-6-12)8-14-7-13(16)9-19-14/h2-7,9H,8H2,1H3. The third-order valence-corrected chi connectivity index (χ3v) is 4.82. The van der Waals surface area contributed by atoms with E-state index >= 15 is 0 Å². The summed E-state index contributed by atoms with van der Waals surface area (Å²) >= 11 is 4.95. The van der Waals surface area contributed by atoms with Crippen molar-refractivity contribution in [3.63, 3.8) is 0 Å². The van der Waals surface area contributed by atoms with Crippen molar-refractivity contribution in [1.29, 1.82) is 5.26 Å². The van der Waals surface area contributed by atoms with Gasteiger partial charge in [0.25, 0.3) is 0 Å². The maximum atomic E-state index is 12.1. The number of Topliss-reactive ketones (excluding diaryl/α,β-unsaturated/α-hetero) is 1. The molecule has 1 unspecified atom stereocenters. The van der Waals surface area contributed by atoms with Crippen LogP contribution in [0.1, 0.15) is 17.4 Å². The summed E-state index contributed by atoms with van der Waals surface area (Å²) in [4.78, 5) is 13.1. The van der Waals surface area contributed by atoms with E-state index in [-0.39, 0.29) is 5.78 Å². The van der Waals surface area contributed by atoms with Gasteiger partial charge in [-0.25, -0.2) is 0 Å². The van der Waals surface area contributed by atoms with E-state index in [1.807, 2.05) is 41.8 Å². The van der Waals surface area contributed by atoms with Crippen LogP contribution in [0.4, 0.5) is 0 Å². The van der Waals surface area contributed by atoms with E-state index in [2.05, 4.69) is 22.0 Å². The lowest BCUT2D eigenvalue weighted by Crippen LogP contribution is -2.34. The Morgan fingerprint density at radius 3 is 2.58 bits per heavy atom. The van der Waals surface area contributed by atoms with E-state index in [0.717, 1.165) is 14.9 Å². The van der Waals surface area contributed by atoms with Crippen LogP contribution in [0.5, 0.6) is 0 Å². The molecule has 19 heavy (non-hydrogen) atoms. The molecule has 1 aromatic heterocycles. The number of halogens is 1. The van der Waals surface area contributed by atoms with Crippen LogP contribution in [0.3, 0.4) is 0 Å². The number of benzene rings is 1. The fraction of sp³-hybridized carbons (Fsp3) is 0.200. The first kappa shape index (κ1) is 14.0. The molecule has 1 atom stereocenters. The lowest BCUT2D eigenvalue weighted by molar-refractivity contribution is -0.120. The molecule has 2 aromatic rings. The average Bonchev–Trinajstić information content (AvgIpc) is 2.82. The highest BCUT2D eigenvalue weighted by molar-refractivity contribution is 9.10. The number of ketones is 1. The van der Waals surface area contributed by atoms with Crippen LogP contribution in [-0.2, 0) is 16.6 Å². The first-order valence-electron chi connectivity index (χ1n) is 5.79. The minimum absolute atomic E-state index is 0.120. The fourth-order valence-electron chi connectivity index (χ4n) is 2.04. The van der Waals surface area contributed by atoms with Gasteiger partial charge in [0.1, 0.15) is 5.41 Å². The smallest absolute Gasteiger partial charge is 0.154 e. The number of carbonyl (C=O) groups excluding carboxylic acids is 1. The molecule has 0 aliphatic heterocycles. The minimum atomic E-state index is -1.09. The Bertz CT molecular complexity index is 629. The third-order valence-electron chi connectivity index (χ3n) is 3.12. The van der Waals surface area contributed by atoms with Gasteiger partial charge in [-0.3, -0.25) is 4.79 Å². The van der Waals surface area contributed by atoms with Crippen molar-refractivity contribution in [1.82, 2.24) is 0 Å². The summed E-state index contributed by atoms with van der Waals surface area (Å²) in [5.41, 5.74) is -0.333. The molecule has 0 aliphatic rings. The summed E-state index contributed by atoms with van der Waals surface area (Å²) in [7, 11) is 0. The van der Waals surface area contributed by atoms with Crippen LogP contribution in [0.15, 0.2) is 46.3 Å². The molecule has 2 rings (SSSR count). The zero-order valence-corrected chi connectivity index (χ0v) is 12.8. The van der Waals surface area contributed by atoms with Gasteiger partial charge >= 0.3 is 0 Å². The van der Waals surface area contributed by atoms with Gasteiger partial charge in [0.05, 0.1) is 6.07 Å². The highest BCUT2D eigenvalue weighted by Gasteiger charge is 2.38. The maximum Gasteiger partial charge on any atom is 0.154 e. The van der Waals surface area contributed by atoms with Crippen molar-refractivity contribution in [2.24, 2.45) is 0 Å². The van der Waals surface area contributed by atoms with Crippen LogP contribution < -0.4 is 0 Å². The molecule has 0 fully saturated rings. The molecule has 2 nitrogen and oxygen atoms in total. The predicted molar refractivity (Wildman–Crippen MR) is 80.1 cm³/mol. The molecule has 0 amide bonds. The molecular formula is C15H12BrNOS. The second-order valence-electron chi connectivity index (χ2n) is 4.35. The highest BCUT2D eigenvalue weighted by atomic mass is 79.9. The van der Waals surface area contributed by atoms with Gasteiger partial charge in [-0.15, -0.1) is 11.3 Å². The predicted octanol–water partition coefficient (Wildman–Crippen LogP) is 4.10. The molecule has 4 heteroatoms. The lowest BCUT2D eigenvalue weighted by atomic mass is 9.75. The summed E-state index contributed by atoms with van der Waals surface area (Å²) in [6, 6.07) is 13.5. The third kappa shape index (κ3) is 2.78. The second-order valence-corrected chi connectivity index (χ2v) is 6.26. The van der Waals surface area contributed by atoms with Crippen molar-refractivity contribution >= 4 is 33.0 Å². The first-order valence-corrected chi connectivity index (χ1v) is 7.46. The molecule has 0 aliphatic carbocycles. The fourth-order valence-corrected chi connectivity index (χ4v) is 3.58. The average molecular weight is 334 g/mol. The normalized spacial score (nSPS) is 13.5. The van der Waals surface area contributed by atoms with E-state index in [1.165, 1.54) is 6.92 Å². The van der Waals surface area contributed by atoms with Gasteiger partial charge in [0, 0.05) is 21.2 Å². The van der Waals surface area contributed by atoms with E-state index < -0.39 is 5.41 Å². The molecule has 96 valence electrons. The molecule has 1 aromatic carbocycles. The summed E-state index contributed by atoms with van der Waals surface area (Å²) < 4.78 is 0.982. The second kappa shape index (κ2) is 5.68. The van der Waals surface area contributed by atoms with Gasteiger partial charge in [0.15, 0.2) is 5.78 Å². The molecule has 0 saturated carbocycles. The van der Waals surface area contributed by atoms with Crippen LogP contribution >= 0.6 is 27.3 Å². The molecular weight excluding hydrogens is 322 g/mol. The number of thiophene rings is 1. The van der Waals surface area contributed by atoms with Crippen LogP contribution in [0.2, 0.25) is 0 Å². The Balaban J connectivity index is 2.47. The Kier molecular flexibility index (Phi) is 4.18. The van der Waals surface area contributed by atoms with Crippen LogP contribution in [0.25, 0.3) is 0 Å². The lowest BCUT2D eigenvalue weighted by Gasteiger charge is -2.23. The van der Waals surface area contributed by atoms with Crippen molar-refractivity contribution in [2.75, 3.05) is 0 Å². The van der Waals surface area contributed by atoms with Crippen molar-refractivity contribution < 1.29 is 4.79 Å². The van der Waals surface area contributed by atoms with Gasteiger partial charge in [-0.05, 0) is 34.5 Å². The molecule has 1 heterocycles. The number of hydrogen-bond donors (Lipinski definition) is 0. The monoisotopic (exact) mass is 333 g/mol. The van der Waals surface area contributed by atoms with Gasteiger partial charge in [-0.2, -0.15) is 5.26 Å². The van der Waals surface area contributed by atoms with Crippen molar-refractivity contribution in [2.45, 2.75) is 18.8 Å². The van der Waals surface area contributed by atoms with Crippen molar-refractivity contribution in [3.8, 4) is 6.07 Å². The molecule has 0 N–H and O–H groups in total. The minimum Gasteiger partial charge on any atom is -0.298 e. The summed E-state index contributed by atoms with van der Waals surface area (Å²) in [5.74, 6) is -0.120.